The van der Waals surface area contributed by atoms with Gasteiger partial charge in [0.05, 0.1) is 31.7 Å². The van der Waals surface area contributed by atoms with Crippen LogP contribution in [0.5, 0.6) is 11.5 Å². The summed E-state index contributed by atoms with van der Waals surface area (Å²) < 4.78 is 10.8. The van der Waals surface area contributed by atoms with Crippen molar-refractivity contribution in [2.45, 2.75) is 26.8 Å². The van der Waals surface area contributed by atoms with E-state index in [2.05, 4.69) is 23.7 Å². The summed E-state index contributed by atoms with van der Waals surface area (Å²) in [6.45, 7) is 7.20. The lowest BCUT2D eigenvalue weighted by Gasteiger charge is -2.30. The predicted molar refractivity (Wildman–Crippen MR) is 106 cm³/mol. The summed E-state index contributed by atoms with van der Waals surface area (Å²) >= 11 is 0. The molecule has 1 aliphatic rings. The number of amides is 1. The number of hydrogen-bond acceptors (Lipinski definition) is 5. The number of rotatable bonds is 6. The molecule has 0 radical (unpaired) electrons. The fourth-order valence-electron chi connectivity index (χ4n) is 3.55. The lowest BCUT2D eigenvalue weighted by atomic mass is 9.98. The molecule has 0 saturated carbocycles. The molecule has 6 heteroatoms. The van der Waals surface area contributed by atoms with Gasteiger partial charge in [-0.1, -0.05) is 0 Å². The van der Waals surface area contributed by atoms with Crippen LogP contribution in [0.1, 0.15) is 35.3 Å². The van der Waals surface area contributed by atoms with E-state index in [1.165, 1.54) is 5.56 Å². The number of carbonyl (C=O) groups is 1. The summed E-state index contributed by atoms with van der Waals surface area (Å²) in [6.07, 6.45) is 4.26. The van der Waals surface area contributed by atoms with Gasteiger partial charge in [0.1, 0.15) is 0 Å². The molecule has 0 bridgehead atoms. The molecular weight excluding hydrogens is 342 g/mol. The minimum atomic E-state index is 0.0111. The monoisotopic (exact) mass is 369 g/mol. The van der Waals surface area contributed by atoms with Crippen molar-refractivity contribution in [1.82, 2.24) is 9.88 Å². The SMILES string of the molecule is CCN(CC)c1cncc(C(=O)N2CCc3cc(OC)c(OC)cc3C2)c1. The summed E-state index contributed by atoms with van der Waals surface area (Å²) in [5.41, 5.74) is 3.91. The Balaban J connectivity index is 1.83. The average Bonchev–Trinajstić information content (AvgIpc) is 2.72. The zero-order valence-corrected chi connectivity index (χ0v) is 16.5. The topological polar surface area (TPSA) is 54.9 Å². The Kier molecular flexibility index (Phi) is 5.84. The lowest BCUT2D eigenvalue weighted by Crippen LogP contribution is -2.36. The zero-order valence-electron chi connectivity index (χ0n) is 16.5. The van der Waals surface area contributed by atoms with E-state index >= 15 is 0 Å². The average molecular weight is 369 g/mol. The minimum absolute atomic E-state index is 0.0111. The molecule has 2 aromatic rings. The highest BCUT2D eigenvalue weighted by molar-refractivity contribution is 5.95. The van der Waals surface area contributed by atoms with Gasteiger partial charge in [0, 0.05) is 32.4 Å². The maximum atomic E-state index is 13.1. The van der Waals surface area contributed by atoms with Crippen LogP contribution in [0.4, 0.5) is 5.69 Å². The molecule has 0 atom stereocenters. The van der Waals surface area contributed by atoms with Crippen LogP contribution in [0, 0.1) is 0 Å². The third-order valence-corrected chi connectivity index (χ3v) is 5.10. The van der Waals surface area contributed by atoms with Crippen LogP contribution >= 0.6 is 0 Å². The molecular formula is C21H27N3O3. The normalized spacial score (nSPS) is 13.1. The van der Waals surface area contributed by atoms with Gasteiger partial charge < -0.3 is 19.3 Å². The summed E-state index contributed by atoms with van der Waals surface area (Å²) in [5.74, 6) is 1.43. The number of nitrogens with zero attached hydrogens (tertiary/aromatic N) is 3. The van der Waals surface area contributed by atoms with Gasteiger partial charge in [0.2, 0.25) is 0 Å². The third-order valence-electron chi connectivity index (χ3n) is 5.10. The fraction of sp³-hybridized carbons (Fsp3) is 0.429. The first-order chi connectivity index (χ1) is 13.1. The highest BCUT2D eigenvalue weighted by atomic mass is 16.5. The molecule has 1 aromatic carbocycles. The van der Waals surface area contributed by atoms with Gasteiger partial charge in [-0.25, -0.2) is 0 Å². The molecule has 0 aliphatic carbocycles. The van der Waals surface area contributed by atoms with E-state index < -0.39 is 0 Å². The largest absolute Gasteiger partial charge is 0.493 e. The maximum Gasteiger partial charge on any atom is 0.255 e. The van der Waals surface area contributed by atoms with Gasteiger partial charge in [-0.3, -0.25) is 9.78 Å². The van der Waals surface area contributed by atoms with Gasteiger partial charge in [0.15, 0.2) is 11.5 Å². The second-order valence-electron chi connectivity index (χ2n) is 6.56. The van der Waals surface area contributed by atoms with Crippen molar-refractivity contribution in [3.8, 4) is 11.5 Å². The van der Waals surface area contributed by atoms with Crippen LogP contribution in [-0.2, 0) is 13.0 Å². The third kappa shape index (κ3) is 3.84. The molecule has 144 valence electrons. The predicted octanol–water partition coefficient (Wildman–Crippen LogP) is 3.14. The van der Waals surface area contributed by atoms with Crippen LogP contribution in [-0.4, -0.2) is 49.6 Å². The number of ether oxygens (including phenoxy) is 2. The lowest BCUT2D eigenvalue weighted by molar-refractivity contribution is 0.0734. The number of fused-ring (bicyclic) bond motifs is 1. The van der Waals surface area contributed by atoms with E-state index in [0.717, 1.165) is 36.5 Å². The Morgan fingerprint density at radius 1 is 1.07 bits per heavy atom. The molecule has 1 amide bonds. The second-order valence-corrected chi connectivity index (χ2v) is 6.56. The van der Waals surface area contributed by atoms with Crippen molar-refractivity contribution >= 4 is 11.6 Å². The van der Waals surface area contributed by atoms with Crippen molar-refractivity contribution in [3.05, 3.63) is 47.3 Å². The number of hydrogen-bond donors (Lipinski definition) is 0. The number of benzene rings is 1. The molecule has 6 nitrogen and oxygen atoms in total. The van der Waals surface area contributed by atoms with Crippen molar-refractivity contribution in [2.75, 3.05) is 38.8 Å². The highest BCUT2D eigenvalue weighted by Gasteiger charge is 2.24. The Morgan fingerprint density at radius 3 is 2.37 bits per heavy atom. The van der Waals surface area contributed by atoms with Crippen LogP contribution in [0.3, 0.4) is 0 Å². The Hall–Kier alpha value is -2.76. The number of carbonyl (C=O) groups excluding carboxylic acids is 1. The molecule has 27 heavy (non-hydrogen) atoms. The minimum Gasteiger partial charge on any atom is -0.493 e. The number of pyridine rings is 1. The Labute approximate surface area is 160 Å². The van der Waals surface area contributed by atoms with Gasteiger partial charge in [-0.15, -0.1) is 0 Å². The molecule has 0 saturated heterocycles. The van der Waals surface area contributed by atoms with Crippen LogP contribution in [0.2, 0.25) is 0 Å². The maximum absolute atomic E-state index is 13.1. The first kappa shape index (κ1) is 19.0. The highest BCUT2D eigenvalue weighted by Crippen LogP contribution is 2.33. The molecule has 0 N–H and O–H groups in total. The van der Waals surface area contributed by atoms with Gasteiger partial charge in [-0.2, -0.15) is 0 Å². The van der Waals surface area contributed by atoms with E-state index in [0.29, 0.717) is 24.4 Å². The molecule has 0 unspecified atom stereocenters. The van der Waals surface area contributed by atoms with Gasteiger partial charge in [0.25, 0.3) is 5.91 Å². The van der Waals surface area contributed by atoms with Crippen molar-refractivity contribution in [2.24, 2.45) is 0 Å². The Bertz CT molecular complexity index is 818. The zero-order chi connectivity index (χ0) is 19.4. The van der Waals surface area contributed by atoms with Crippen molar-refractivity contribution in [1.29, 1.82) is 0 Å². The summed E-state index contributed by atoms with van der Waals surface area (Å²) in [4.78, 5) is 21.4. The number of anilines is 1. The van der Waals surface area contributed by atoms with E-state index in [1.54, 1.807) is 20.4 Å². The van der Waals surface area contributed by atoms with Crippen molar-refractivity contribution in [3.63, 3.8) is 0 Å². The molecule has 3 rings (SSSR count). The second kappa shape index (κ2) is 8.29. The fourth-order valence-corrected chi connectivity index (χ4v) is 3.55. The molecule has 0 spiro atoms. The summed E-state index contributed by atoms with van der Waals surface area (Å²) in [5, 5.41) is 0. The number of methoxy groups -OCH3 is 2. The standard InChI is InChI=1S/C21H27N3O3/c1-5-23(6-2)18-9-16(12-22-13-18)21(25)24-8-7-15-10-19(26-3)20(27-4)11-17(15)14-24/h9-13H,5-8,14H2,1-4H3. The summed E-state index contributed by atoms with van der Waals surface area (Å²) in [7, 11) is 3.26. The van der Waals surface area contributed by atoms with Gasteiger partial charge >= 0.3 is 0 Å². The van der Waals surface area contributed by atoms with Crippen LogP contribution in [0.15, 0.2) is 30.6 Å². The van der Waals surface area contributed by atoms with Gasteiger partial charge in [-0.05, 0) is 49.6 Å². The van der Waals surface area contributed by atoms with E-state index in [1.807, 2.05) is 29.3 Å². The molecule has 0 fully saturated rings. The van der Waals surface area contributed by atoms with E-state index in [-0.39, 0.29) is 5.91 Å². The Morgan fingerprint density at radius 2 is 1.74 bits per heavy atom. The van der Waals surface area contributed by atoms with E-state index in [9.17, 15) is 4.79 Å². The molecule has 2 heterocycles. The summed E-state index contributed by atoms with van der Waals surface area (Å²) in [6, 6.07) is 5.92. The first-order valence-corrected chi connectivity index (χ1v) is 9.34. The smallest absolute Gasteiger partial charge is 0.255 e. The van der Waals surface area contributed by atoms with E-state index in [4.69, 9.17) is 9.47 Å². The molecule has 1 aliphatic heterocycles. The number of aromatic nitrogens is 1. The quantitative estimate of drug-likeness (QED) is 0.783. The van der Waals surface area contributed by atoms with Crippen molar-refractivity contribution < 1.29 is 14.3 Å². The van der Waals surface area contributed by atoms with Crippen LogP contribution in [0.25, 0.3) is 0 Å². The molecule has 1 aromatic heterocycles. The first-order valence-electron chi connectivity index (χ1n) is 9.34. The van der Waals surface area contributed by atoms with Crippen LogP contribution < -0.4 is 14.4 Å².